The van der Waals surface area contributed by atoms with E-state index in [1.807, 2.05) is 18.0 Å². The van der Waals surface area contributed by atoms with Gasteiger partial charge in [-0.15, -0.1) is 0 Å². The van der Waals surface area contributed by atoms with Crippen molar-refractivity contribution in [1.82, 2.24) is 10.2 Å². The average Bonchev–Trinajstić information content (AvgIpc) is 2.38. The van der Waals surface area contributed by atoms with Crippen LogP contribution < -0.4 is 5.32 Å². The lowest BCUT2D eigenvalue weighted by atomic mass is 10.1. The number of aliphatic hydroxyl groups excluding tert-OH is 1. The van der Waals surface area contributed by atoms with E-state index in [0.29, 0.717) is 5.37 Å². The van der Waals surface area contributed by atoms with Crippen LogP contribution in [0.15, 0.2) is 23.4 Å². The third-order valence-corrected chi connectivity index (χ3v) is 4.69. The van der Waals surface area contributed by atoms with E-state index in [4.69, 9.17) is 0 Å². The number of hydrogen-bond acceptors (Lipinski definition) is 4. The maximum absolute atomic E-state index is 10.1. The molecule has 17 heavy (non-hydrogen) atoms. The summed E-state index contributed by atoms with van der Waals surface area (Å²) in [5.41, 5.74) is 0. The molecular formula is C13H22N2OS. The Morgan fingerprint density at radius 2 is 2.47 bits per heavy atom. The number of nitrogens with zero attached hydrogens (tertiary/aromatic N) is 1. The molecule has 0 aromatic rings. The third-order valence-electron chi connectivity index (χ3n) is 3.28. The van der Waals surface area contributed by atoms with Gasteiger partial charge in [0.2, 0.25) is 0 Å². The van der Waals surface area contributed by atoms with Gasteiger partial charge < -0.3 is 10.4 Å². The summed E-state index contributed by atoms with van der Waals surface area (Å²) in [6.07, 6.45) is 11.4. The van der Waals surface area contributed by atoms with Crippen LogP contribution in [0.3, 0.4) is 0 Å². The lowest BCUT2D eigenvalue weighted by Gasteiger charge is -2.38. The molecule has 2 aliphatic rings. The first-order valence-electron chi connectivity index (χ1n) is 6.53. The fraction of sp³-hybridized carbons (Fsp3) is 0.692. The summed E-state index contributed by atoms with van der Waals surface area (Å²) in [5.74, 6) is 0. The molecular weight excluding hydrogens is 232 g/mol. The normalized spacial score (nSPS) is 27.4. The summed E-state index contributed by atoms with van der Waals surface area (Å²) in [5, 5.41) is 14.9. The zero-order valence-corrected chi connectivity index (χ0v) is 11.2. The van der Waals surface area contributed by atoms with Crippen molar-refractivity contribution in [2.24, 2.45) is 0 Å². The second-order valence-electron chi connectivity index (χ2n) is 4.55. The van der Waals surface area contributed by atoms with Crippen LogP contribution in [0.2, 0.25) is 0 Å². The molecule has 0 amide bonds. The molecule has 3 nitrogen and oxygen atoms in total. The number of dihydropyridines is 1. The lowest BCUT2D eigenvalue weighted by molar-refractivity contribution is -0.0311. The fourth-order valence-electron chi connectivity index (χ4n) is 2.33. The molecule has 2 atom stereocenters. The molecule has 2 unspecified atom stereocenters. The van der Waals surface area contributed by atoms with Crippen LogP contribution in [0.25, 0.3) is 0 Å². The minimum absolute atomic E-state index is 0.249. The molecule has 0 spiro atoms. The van der Waals surface area contributed by atoms with Gasteiger partial charge in [-0.1, -0.05) is 30.8 Å². The van der Waals surface area contributed by atoms with Crippen LogP contribution in [-0.2, 0) is 0 Å². The molecule has 0 aliphatic carbocycles. The zero-order valence-electron chi connectivity index (χ0n) is 10.4. The van der Waals surface area contributed by atoms with Crippen LogP contribution in [0, 0.1) is 0 Å². The Labute approximate surface area is 108 Å². The molecule has 0 saturated carbocycles. The number of aliphatic hydroxyl groups is 1. The first-order valence-corrected chi connectivity index (χ1v) is 7.41. The smallest absolute Gasteiger partial charge is 0.108 e. The van der Waals surface area contributed by atoms with Gasteiger partial charge in [0.05, 0.1) is 10.4 Å². The maximum atomic E-state index is 10.1. The highest BCUT2D eigenvalue weighted by Gasteiger charge is 2.27. The van der Waals surface area contributed by atoms with Gasteiger partial charge in [-0.2, -0.15) is 0 Å². The number of likely N-dealkylation sites (tertiary alicyclic amines) is 1. The van der Waals surface area contributed by atoms with Crippen molar-refractivity contribution in [1.29, 1.82) is 0 Å². The van der Waals surface area contributed by atoms with Gasteiger partial charge in [0.25, 0.3) is 0 Å². The fourth-order valence-corrected chi connectivity index (χ4v) is 3.50. The van der Waals surface area contributed by atoms with Gasteiger partial charge in [0.15, 0.2) is 0 Å². The highest BCUT2D eigenvalue weighted by atomic mass is 32.2. The van der Waals surface area contributed by atoms with E-state index in [1.165, 1.54) is 11.4 Å². The van der Waals surface area contributed by atoms with Gasteiger partial charge in [-0.3, -0.25) is 4.90 Å². The van der Waals surface area contributed by atoms with Gasteiger partial charge in [-0.25, -0.2) is 0 Å². The van der Waals surface area contributed by atoms with Crippen LogP contribution >= 0.6 is 11.8 Å². The highest BCUT2D eigenvalue weighted by molar-refractivity contribution is 8.03. The molecule has 2 heterocycles. The topological polar surface area (TPSA) is 35.5 Å². The Morgan fingerprint density at radius 3 is 3.12 bits per heavy atom. The molecule has 2 N–H and O–H groups in total. The standard InChI is InChI=1S/C13H22N2OS/c1-2-13(15-10-6-4-8-12(15)16)17-11-7-3-5-9-14-11/h5,7,9,12-14,16H,2-4,6,8,10H2,1H3. The molecule has 2 aliphatic heterocycles. The Bertz CT molecular complexity index is 304. The first kappa shape index (κ1) is 13.0. The quantitative estimate of drug-likeness (QED) is 0.808. The predicted octanol–water partition coefficient (Wildman–Crippen LogP) is 2.61. The molecule has 1 fully saturated rings. The molecule has 0 aromatic carbocycles. The van der Waals surface area contributed by atoms with Gasteiger partial charge >= 0.3 is 0 Å². The Balaban J connectivity index is 1.93. The van der Waals surface area contributed by atoms with Crippen LogP contribution in [0.4, 0.5) is 0 Å². The van der Waals surface area contributed by atoms with Crippen molar-refractivity contribution in [2.45, 2.75) is 50.6 Å². The summed E-state index contributed by atoms with van der Waals surface area (Å²) in [6.45, 7) is 3.22. The van der Waals surface area contributed by atoms with Crippen molar-refractivity contribution in [2.75, 3.05) is 6.54 Å². The van der Waals surface area contributed by atoms with E-state index in [9.17, 15) is 5.11 Å². The van der Waals surface area contributed by atoms with E-state index in [-0.39, 0.29) is 6.23 Å². The summed E-state index contributed by atoms with van der Waals surface area (Å²) in [4.78, 5) is 2.25. The van der Waals surface area contributed by atoms with E-state index >= 15 is 0 Å². The number of thioether (sulfide) groups is 1. The Kier molecular flexibility index (Phi) is 4.95. The third kappa shape index (κ3) is 3.50. The van der Waals surface area contributed by atoms with E-state index < -0.39 is 0 Å². The number of rotatable bonds is 4. The van der Waals surface area contributed by atoms with Crippen molar-refractivity contribution in [3.8, 4) is 0 Å². The lowest BCUT2D eigenvalue weighted by Crippen LogP contribution is -2.44. The highest BCUT2D eigenvalue weighted by Crippen LogP contribution is 2.30. The minimum Gasteiger partial charge on any atom is -0.378 e. The molecule has 0 aromatic heterocycles. The average molecular weight is 254 g/mol. The van der Waals surface area contributed by atoms with Crippen molar-refractivity contribution in [3.63, 3.8) is 0 Å². The molecule has 0 bridgehead atoms. The molecule has 4 heteroatoms. The molecule has 1 saturated heterocycles. The molecule has 2 rings (SSSR count). The largest absolute Gasteiger partial charge is 0.378 e. The first-order chi connectivity index (χ1) is 8.31. The Hall–Kier alpha value is -0.450. The number of hydrogen-bond donors (Lipinski definition) is 2. The zero-order chi connectivity index (χ0) is 12.1. The summed E-state index contributed by atoms with van der Waals surface area (Å²) in [6, 6.07) is 0. The number of piperidine rings is 1. The minimum atomic E-state index is -0.249. The molecule has 96 valence electrons. The van der Waals surface area contributed by atoms with E-state index in [0.717, 1.165) is 32.2 Å². The van der Waals surface area contributed by atoms with Crippen LogP contribution in [0.1, 0.15) is 39.0 Å². The molecule has 0 radical (unpaired) electrons. The van der Waals surface area contributed by atoms with Crippen molar-refractivity contribution in [3.05, 3.63) is 23.4 Å². The van der Waals surface area contributed by atoms with Gasteiger partial charge in [0, 0.05) is 6.54 Å². The number of allylic oxidation sites excluding steroid dienone is 2. The summed E-state index contributed by atoms with van der Waals surface area (Å²) >= 11 is 1.84. The second-order valence-corrected chi connectivity index (χ2v) is 5.77. The predicted molar refractivity (Wildman–Crippen MR) is 73.2 cm³/mol. The monoisotopic (exact) mass is 254 g/mol. The summed E-state index contributed by atoms with van der Waals surface area (Å²) < 4.78 is 0. The van der Waals surface area contributed by atoms with Gasteiger partial charge in [-0.05, 0) is 38.3 Å². The van der Waals surface area contributed by atoms with Crippen molar-refractivity contribution >= 4 is 11.8 Å². The maximum Gasteiger partial charge on any atom is 0.108 e. The van der Waals surface area contributed by atoms with E-state index in [2.05, 4.69) is 29.3 Å². The van der Waals surface area contributed by atoms with Crippen molar-refractivity contribution < 1.29 is 5.11 Å². The summed E-state index contributed by atoms with van der Waals surface area (Å²) in [7, 11) is 0. The van der Waals surface area contributed by atoms with E-state index in [1.54, 1.807) is 0 Å². The second kappa shape index (κ2) is 6.47. The Morgan fingerprint density at radius 1 is 1.59 bits per heavy atom. The van der Waals surface area contributed by atoms with Gasteiger partial charge in [0.1, 0.15) is 6.23 Å². The number of nitrogens with one attached hydrogen (secondary N) is 1. The van der Waals surface area contributed by atoms with Crippen LogP contribution in [-0.4, -0.2) is 28.2 Å². The SMILES string of the molecule is CCC(SC1=CCC=CN1)N1CCCCC1O. The van der Waals surface area contributed by atoms with Crippen LogP contribution in [0.5, 0.6) is 0 Å².